The molecule has 1 N–H and O–H groups in total. The van der Waals surface area contributed by atoms with E-state index < -0.39 is 0 Å². The van der Waals surface area contributed by atoms with Gasteiger partial charge in [-0.2, -0.15) is 0 Å². The summed E-state index contributed by atoms with van der Waals surface area (Å²) in [5.41, 5.74) is 1.34. The molecule has 2 saturated heterocycles. The fraction of sp³-hybridized carbons (Fsp3) is 0.632. The summed E-state index contributed by atoms with van der Waals surface area (Å²) in [6, 6.07) is 10.7. The Labute approximate surface area is 168 Å². The number of nitrogens with one attached hydrogen (secondary N) is 1. The molecular formula is C19H31IN4O. The van der Waals surface area contributed by atoms with Crippen molar-refractivity contribution >= 4 is 35.6 Å². The quantitative estimate of drug-likeness (QED) is 0.419. The minimum absolute atomic E-state index is 0. The molecule has 0 saturated carbocycles. The maximum atomic E-state index is 5.47. The van der Waals surface area contributed by atoms with Crippen LogP contribution in [-0.4, -0.2) is 64.3 Å². The average molecular weight is 458 g/mol. The molecule has 2 fully saturated rings. The third kappa shape index (κ3) is 5.74. The van der Waals surface area contributed by atoms with Crippen LogP contribution in [0, 0.1) is 11.8 Å². The molecule has 2 unspecified atom stereocenters. The maximum Gasteiger partial charge on any atom is 0.193 e. The predicted octanol–water partition coefficient (Wildman–Crippen LogP) is 2.67. The summed E-state index contributed by atoms with van der Waals surface area (Å²) in [6.45, 7) is 6.05. The molecule has 2 aliphatic rings. The molecule has 5 nitrogen and oxygen atoms in total. The number of hydrogen-bond acceptors (Lipinski definition) is 3. The van der Waals surface area contributed by atoms with Gasteiger partial charge in [-0.3, -0.25) is 4.99 Å². The van der Waals surface area contributed by atoms with Crippen LogP contribution in [0.4, 0.5) is 5.69 Å². The number of nitrogens with zero attached hydrogens (tertiary/aromatic N) is 3. The topological polar surface area (TPSA) is 40.1 Å². The number of hydrogen-bond donors (Lipinski definition) is 1. The van der Waals surface area contributed by atoms with Crippen molar-refractivity contribution in [3.8, 4) is 0 Å². The zero-order chi connectivity index (χ0) is 16.8. The van der Waals surface area contributed by atoms with Gasteiger partial charge in [0.1, 0.15) is 0 Å². The van der Waals surface area contributed by atoms with E-state index in [2.05, 4.69) is 57.5 Å². The van der Waals surface area contributed by atoms with Gasteiger partial charge in [0.05, 0.1) is 6.61 Å². The lowest BCUT2D eigenvalue weighted by molar-refractivity contribution is 0.181. The van der Waals surface area contributed by atoms with Crippen LogP contribution in [-0.2, 0) is 4.74 Å². The van der Waals surface area contributed by atoms with Gasteiger partial charge in [-0.25, -0.2) is 0 Å². The highest BCUT2D eigenvalue weighted by Gasteiger charge is 2.24. The summed E-state index contributed by atoms with van der Waals surface area (Å²) in [5.74, 6) is 2.30. The highest BCUT2D eigenvalue weighted by atomic mass is 127. The van der Waals surface area contributed by atoms with Crippen LogP contribution in [0.1, 0.15) is 12.8 Å². The first kappa shape index (κ1) is 20.3. The lowest BCUT2D eigenvalue weighted by Gasteiger charge is -2.25. The SMILES string of the molecule is CN=C(NCC1CCN(c2ccccc2)C1)N(C)CC1CCOC1.I. The van der Waals surface area contributed by atoms with Crippen LogP contribution >= 0.6 is 24.0 Å². The molecule has 2 heterocycles. The normalized spacial score (nSPS) is 23.4. The smallest absolute Gasteiger partial charge is 0.193 e. The minimum Gasteiger partial charge on any atom is -0.381 e. The van der Waals surface area contributed by atoms with Gasteiger partial charge in [-0.15, -0.1) is 24.0 Å². The first-order valence-electron chi connectivity index (χ1n) is 9.06. The van der Waals surface area contributed by atoms with E-state index in [9.17, 15) is 0 Å². The van der Waals surface area contributed by atoms with E-state index in [-0.39, 0.29) is 24.0 Å². The van der Waals surface area contributed by atoms with Crippen molar-refractivity contribution in [1.82, 2.24) is 10.2 Å². The van der Waals surface area contributed by atoms with E-state index in [1.165, 1.54) is 12.1 Å². The Balaban J connectivity index is 0.00000225. The molecule has 6 heteroatoms. The van der Waals surface area contributed by atoms with E-state index in [4.69, 9.17) is 4.74 Å². The highest BCUT2D eigenvalue weighted by Crippen LogP contribution is 2.23. The van der Waals surface area contributed by atoms with Gasteiger partial charge in [0.15, 0.2) is 5.96 Å². The molecule has 0 spiro atoms. The number of benzene rings is 1. The van der Waals surface area contributed by atoms with Crippen molar-refractivity contribution in [2.45, 2.75) is 12.8 Å². The largest absolute Gasteiger partial charge is 0.381 e. The van der Waals surface area contributed by atoms with Crippen molar-refractivity contribution in [2.75, 3.05) is 58.4 Å². The maximum absolute atomic E-state index is 5.47. The summed E-state index contributed by atoms with van der Waals surface area (Å²) in [5, 5.41) is 3.57. The van der Waals surface area contributed by atoms with Crippen LogP contribution in [0.15, 0.2) is 35.3 Å². The molecule has 0 aromatic heterocycles. The van der Waals surface area contributed by atoms with Crippen LogP contribution in [0.25, 0.3) is 0 Å². The summed E-state index contributed by atoms with van der Waals surface area (Å²) in [4.78, 5) is 9.17. The lowest BCUT2D eigenvalue weighted by atomic mass is 10.1. The molecule has 0 radical (unpaired) electrons. The van der Waals surface area contributed by atoms with Gasteiger partial charge in [0.2, 0.25) is 0 Å². The first-order valence-corrected chi connectivity index (χ1v) is 9.06. The van der Waals surface area contributed by atoms with E-state index in [1.54, 1.807) is 0 Å². The molecule has 0 bridgehead atoms. The summed E-state index contributed by atoms with van der Waals surface area (Å²) < 4.78 is 5.47. The molecule has 0 aliphatic carbocycles. The molecule has 1 aromatic rings. The molecule has 25 heavy (non-hydrogen) atoms. The third-order valence-electron chi connectivity index (χ3n) is 5.09. The highest BCUT2D eigenvalue weighted by molar-refractivity contribution is 14.0. The van der Waals surface area contributed by atoms with Crippen molar-refractivity contribution < 1.29 is 4.74 Å². The first-order chi connectivity index (χ1) is 11.8. The van der Waals surface area contributed by atoms with Crippen LogP contribution < -0.4 is 10.2 Å². The van der Waals surface area contributed by atoms with Gasteiger partial charge < -0.3 is 19.9 Å². The average Bonchev–Trinajstić information content (AvgIpc) is 3.28. The molecule has 0 amide bonds. The number of ether oxygens (including phenoxy) is 1. The number of para-hydroxylation sites is 1. The van der Waals surface area contributed by atoms with Gasteiger partial charge in [0.25, 0.3) is 0 Å². The van der Waals surface area contributed by atoms with Crippen molar-refractivity contribution in [3.05, 3.63) is 30.3 Å². The zero-order valence-electron chi connectivity index (χ0n) is 15.4. The number of guanidine groups is 1. The summed E-state index contributed by atoms with van der Waals surface area (Å²) in [7, 11) is 3.99. The van der Waals surface area contributed by atoms with Gasteiger partial charge >= 0.3 is 0 Å². The van der Waals surface area contributed by atoms with Crippen molar-refractivity contribution in [2.24, 2.45) is 16.8 Å². The minimum atomic E-state index is 0. The molecule has 3 rings (SSSR count). The standard InChI is InChI=1S/C19H30N4O.HI/c1-20-19(22(2)13-17-9-11-24-15-17)21-12-16-8-10-23(14-16)18-6-4-3-5-7-18;/h3-7,16-17H,8-15H2,1-2H3,(H,20,21);1H. The monoisotopic (exact) mass is 458 g/mol. The van der Waals surface area contributed by atoms with E-state index in [1.807, 2.05) is 7.05 Å². The van der Waals surface area contributed by atoms with Crippen LogP contribution in [0.5, 0.6) is 0 Å². The Kier molecular flexibility index (Phi) is 8.29. The summed E-state index contributed by atoms with van der Waals surface area (Å²) >= 11 is 0. The Morgan fingerprint density at radius 2 is 2.08 bits per heavy atom. The zero-order valence-corrected chi connectivity index (χ0v) is 17.7. The van der Waals surface area contributed by atoms with E-state index in [0.717, 1.165) is 51.8 Å². The van der Waals surface area contributed by atoms with Crippen LogP contribution in [0.2, 0.25) is 0 Å². The van der Waals surface area contributed by atoms with E-state index >= 15 is 0 Å². The summed E-state index contributed by atoms with van der Waals surface area (Å²) in [6.07, 6.45) is 2.40. The molecule has 2 atom stereocenters. The fourth-order valence-corrected chi connectivity index (χ4v) is 3.69. The lowest BCUT2D eigenvalue weighted by Crippen LogP contribution is -2.43. The second-order valence-corrected chi connectivity index (χ2v) is 6.97. The van der Waals surface area contributed by atoms with Crippen LogP contribution in [0.3, 0.4) is 0 Å². The molecule has 2 aliphatic heterocycles. The predicted molar refractivity (Wildman–Crippen MR) is 115 cm³/mol. The Hall–Kier alpha value is -1.02. The second-order valence-electron chi connectivity index (χ2n) is 6.97. The Morgan fingerprint density at radius 3 is 2.76 bits per heavy atom. The van der Waals surface area contributed by atoms with Gasteiger partial charge in [0, 0.05) is 58.5 Å². The number of halogens is 1. The Bertz CT molecular complexity index is 533. The van der Waals surface area contributed by atoms with Gasteiger partial charge in [-0.05, 0) is 30.9 Å². The molecule has 140 valence electrons. The van der Waals surface area contributed by atoms with E-state index in [0.29, 0.717) is 11.8 Å². The number of aliphatic imine (C=N–C) groups is 1. The fourth-order valence-electron chi connectivity index (χ4n) is 3.69. The number of rotatable bonds is 5. The molecular weight excluding hydrogens is 427 g/mol. The van der Waals surface area contributed by atoms with Gasteiger partial charge in [-0.1, -0.05) is 18.2 Å². The number of anilines is 1. The third-order valence-corrected chi connectivity index (χ3v) is 5.09. The Morgan fingerprint density at radius 1 is 1.28 bits per heavy atom. The second kappa shape index (κ2) is 10.2. The van der Waals surface area contributed by atoms with Crippen molar-refractivity contribution in [1.29, 1.82) is 0 Å². The molecule has 1 aromatic carbocycles. The van der Waals surface area contributed by atoms with Crippen molar-refractivity contribution in [3.63, 3.8) is 0 Å².